The Morgan fingerprint density at radius 1 is 1.03 bits per heavy atom. The van der Waals surface area contributed by atoms with Crippen LogP contribution >= 0.6 is 0 Å². The van der Waals surface area contributed by atoms with E-state index in [2.05, 4.69) is 63.5 Å². The monoisotopic (exact) mass is 500 g/mol. The van der Waals surface area contributed by atoms with Gasteiger partial charge in [-0.15, -0.1) is 0 Å². The highest BCUT2D eigenvalue weighted by molar-refractivity contribution is 5.93. The number of piperazine rings is 1. The standard InChI is InChI=1S/C29H36N6O2/c1-33-12-4-6-23(33)18-37-29-31-26-14-22(35-17-24(36)13-19-5-2-3-7-27(19)35)10-11-25(26)28(32-29)34-15-20-8-9-21(16-34)30-20/h2-3,5,7,10-11,14,20-21,23-24,30,36H,4,6,8-9,12-13,15-18H2,1H3/t20-,21+,23?,24?. The van der Waals surface area contributed by atoms with Crippen molar-refractivity contribution in [3.8, 4) is 6.01 Å². The summed E-state index contributed by atoms with van der Waals surface area (Å²) in [5, 5.41) is 15.4. The van der Waals surface area contributed by atoms with Crippen LogP contribution in [0.2, 0.25) is 0 Å². The number of aliphatic hydroxyl groups excluding tert-OH is 1. The molecule has 0 spiro atoms. The lowest BCUT2D eigenvalue weighted by atomic mass is 9.99. The normalized spacial score (nSPS) is 27.6. The second-order valence-corrected chi connectivity index (χ2v) is 11.3. The number of hydrogen-bond donors (Lipinski definition) is 2. The van der Waals surface area contributed by atoms with Gasteiger partial charge in [0, 0.05) is 60.9 Å². The number of para-hydroxylation sites is 1. The van der Waals surface area contributed by atoms with E-state index < -0.39 is 6.10 Å². The number of fused-ring (bicyclic) bond motifs is 4. The third-order valence-electron chi connectivity index (χ3n) is 8.68. The zero-order valence-electron chi connectivity index (χ0n) is 21.5. The maximum atomic E-state index is 10.6. The molecule has 7 rings (SSSR count). The summed E-state index contributed by atoms with van der Waals surface area (Å²) in [5.74, 6) is 0.976. The largest absolute Gasteiger partial charge is 0.462 e. The van der Waals surface area contributed by atoms with Crippen molar-refractivity contribution in [1.82, 2.24) is 20.2 Å². The lowest BCUT2D eigenvalue weighted by Gasteiger charge is -2.35. The van der Waals surface area contributed by atoms with Crippen LogP contribution in [0.15, 0.2) is 42.5 Å². The first-order chi connectivity index (χ1) is 18.1. The van der Waals surface area contributed by atoms with E-state index in [0.29, 0.717) is 43.7 Å². The molecule has 3 saturated heterocycles. The van der Waals surface area contributed by atoms with Gasteiger partial charge in [0.1, 0.15) is 12.4 Å². The molecule has 1 aromatic heterocycles. The Bertz CT molecular complexity index is 1290. The molecule has 8 heteroatoms. The molecule has 0 saturated carbocycles. The van der Waals surface area contributed by atoms with E-state index in [1.54, 1.807) is 0 Å². The first-order valence-corrected chi connectivity index (χ1v) is 13.8. The number of hydrogen-bond acceptors (Lipinski definition) is 8. The summed E-state index contributed by atoms with van der Waals surface area (Å²) in [5.41, 5.74) is 4.25. The molecule has 0 aliphatic carbocycles. The lowest BCUT2D eigenvalue weighted by Crippen LogP contribution is -2.51. The quantitative estimate of drug-likeness (QED) is 0.554. The number of β-amino-alcohol motifs (C(OH)–C–C–N with tert-alkyl or cyclic N) is 1. The number of nitrogens with one attached hydrogen (secondary N) is 1. The Hall–Kier alpha value is -2.94. The van der Waals surface area contributed by atoms with Gasteiger partial charge in [0.25, 0.3) is 0 Å². The van der Waals surface area contributed by atoms with Crippen molar-refractivity contribution >= 4 is 28.1 Å². The van der Waals surface area contributed by atoms with E-state index in [9.17, 15) is 5.11 Å². The van der Waals surface area contributed by atoms with Gasteiger partial charge in [0.15, 0.2) is 0 Å². The van der Waals surface area contributed by atoms with Crippen LogP contribution < -0.4 is 19.9 Å². The smallest absolute Gasteiger partial charge is 0.319 e. The van der Waals surface area contributed by atoms with E-state index in [0.717, 1.165) is 54.2 Å². The molecule has 3 fully saturated rings. The number of rotatable bonds is 5. The molecule has 2 N–H and O–H groups in total. The number of ether oxygens (including phenoxy) is 1. The highest BCUT2D eigenvalue weighted by Gasteiger charge is 2.34. The van der Waals surface area contributed by atoms with Gasteiger partial charge in [0.2, 0.25) is 0 Å². The summed E-state index contributed by atoms with van der Waals surface area (Å²) < 4.78 is 6.27. The fourth-order valence-corrected chi connectivity index (χ4v) is 6.70. The Labute approximate surface area is 218 Å². The molecule has 2 unspecified atom stereocenters. The molecule has 4 atom stereocenters. The molecular weight excluding hydrogens is 464 g/mol. The Balaban J connectivity index is 1.27. The predicted octanol–water partition coefficient (Wildman–Crippen LogP) is 3.10. The van der Waals surface area contributed by atoms with E-state index >= 15 is 0 Å². The molecule has 4 aliphatic rings. The van der Waals surface area contributed by atoms with Crippen molar-refractivity contribution in [3.05, 3.63) is 48.0 Å². The van der Waals surface area contributed by atoms with Crippen molar-refractivity contribution in [2.75, 3.05) is 49.6 Å². The summed E-state index contributed by atoms with van der Waals surface area (Å²) in [6.07, 6.45) is 5.10. The van der Waals surface area contributed by atoms with Crippen LogP contribution in [-0.2, 0) is 6.42 Å². The third-order valence-corrected chi connectivity index (χ3v) is 8.68. The topological polar surface area (TPSA) is 77.0 Å². The Morgan fingerprint density at radius 2 is 1.86 bits per heavy atom. The van der Waals surface area contributed by atoms with Gasteiger partial charge in [-0.1, -0.05) is 18.2 Å². The summed E-state index contributed by atoms with van der Waals surface area (Å²) in [6, 6.07) is 16.7. The number of aliphatic hydroxyl groups is 1. The molecular formula is C29H36N6O2. The van der Waals surface area contributed by atoms with Crippen LogP contribution in [-0.4, -0.2) is 84.0 Å². The number of benzene rings is 2. The van der Waals surface area contributed by atoms with Gasteiger partial charge in [-0.3, -0.25) is 0 Å². The maximum Gasteiger partial charge on any atom is 0.319 e. The van der Waals surface area contributed by atoms with Crippen molar-refractivity contribution in [2.45, 2.75) is 56.3 Å². The molecule has 8 nitrogen and oxygen atoms in total. The van der Waals surface area contributed by atoms with Gasteiger partial charge >= 0.3 is 6.01 Å². The number of likely N-dealkylation sites (tertiary alicyclic amines) is 1. The van der Waals surface area contributed by atoms with Gasteiger partial charge in [-0.2, -0.15) is 9.97 Å². The van der Waals surface area contributed by atoms with E-state index in [1.165, 1.54) is 24.8 Å². The number of aromatic nitrogens is 2. The number of likely N-dealkylation sites (N-methyl/N-ethyl adjacent to an activating group) is 1. The van der Waals surface area contributed by atoms with E-state index in [1.807, 2.05) is 6.07 Å². The third kappa shape index (κ3) is 4.41. The Morgan fingerprint density at radius 3 is 2.68 bits per heavy atom. The fraction of sp³-hybridized carbons (Fsp3) is 0.517. The second-order valence-electron chi connectivity index (χ2n) is 11.3. The minimum Gasteiger partial charge on any atom is -0.462 e. The van der Waals surface area contributed by atoms with Crippen molar-refractivity contribution in [1.29, 1.82) is 0 Å². The minimum absolute atomic E-state index is 0.398. The van der Waals surface area contributed by atoms with Crippen LogP contribution in [0.25, 0.3) is 10.9 Å². The second kappa shape index (κ2) is 9.42. The zero-order valence-corrected chi connectivity index (χ0v) is 21.5. The SMILES string of the molecule is CN1CCCC1COc1nc(N2C[C@H]3CC[C@@H](C2)N3)c2ccc(N3CC(O)Cc4ccccc43)cc2n1. The molecule has 194 valence electrons. The lowest BCUT2D eigenvalue weighted by molar-refractivity contribution is 0.178. The first kappa shape index (κ1) is 23.2. The van der Waals surface area contributed by atoms with Crippen LogP contribution in [0.1, 0.15) is 31.2 Å². The average molecular weight is 501 g/mol. The van der Waals surface area contributed by atoms with Gasteiger partial charge in [-0.05, 0) is 69.1 Å². The molecule has 2 bridgehead atoms. The average Bonchev–Trinajstić information content (AvgIpc) is 3.49. The molecule has 4 aliphatic heterocycles. The van der Waals surface area contributed by atoms with Crippen LogP contribution in [0.3, 0.4) is 0 Å². The van der Waals surface area contributed by atoms with Crippen molar-refractivity contribution in [3.63, 3.8) is 0 Å². The summed E-state index contributed by atoms with van der Waals surface area (Å²) in [4.78, 5) is 16.9. The molecule has 37 heavy (non-hydrogen) atoms. The predicted molar refractivity (Wildman–Crippen MR) is 146 cm³/mol. The molecule has 0 radical (unpaired) electrons. The highest BCUT2D eigenvalue weighted by Crippen LogP contribution is 2.37. The van der Waals surface area contributed by atoms with Crippen LogP contribution in [0, 0.1) is 0 Å². The number of nitrogens with zero attached hydrogens (tertiary/aromatic N) is 5. The zero-order chi connectivity index (χ0) is 24.9. The van der Waals surface area contributed by atoms with Gasteiger partial charge < -0.3 is 29.9 Å². The maximum absolute atomic E-state index is 10.6. The molecule has 5 heterocycles. The number of anilines is 3. The summed E-state index contributed by atoms with van der Waals surface area (Å²) in [7, 11) is 2.17. The van der Waals surface area contributed by atoms with Gasteiger partial charge in [0.05, 0.1) is 11.6 Å². The summed E-state index contributed by atoms with van der Waals surface area (Å²) in [6.45, 7) is 4.22. The van der Waals surface area contributed by atoms with Crippen molar-refractivity contribution in [2.24, 2.45) is 0 Å². The van der Waals surface area contributed by atoms with E-state index in [4.69, 9.17) is 14.7 Å². The summed E-state index contributed by atoms with van der Waals surface area (Å²) >= 11 is 0. The van der Waals surface area contributed by atoms with Gasteiger partial charge in [-0.25, -0.2) is 0 Å². The highest BCUT2D eigenvalue weighted by atomic mass is 16.5. The van der Waals surface area contributed by atoms with Crippen LogP contribution in [0.5, 0.6) is 6.01 Å². The van der Waals surface area contributed by atoms with E-state index in [-0.39, 0.29) is 0 Å². The fourth-order valence-electron chi connectivity index (χ4n) is 6.70. The molecule has 0 amide bonds. The van der Waals surface area contributed by atoms with Crippen molar-refractivity contribution < 1.29 is 9.84 Å². The Kier molecular flexibility index (Phi) is 5.91. The van der Waals surface area contributed by atoms with Crippen LogP contribution in [0.4, 0.5) is 17.2 Å². The molecule has 2 aromatic carbocycles. The molecule has 3 aromatic rings. The first-order valence-electron chi connectivity index (χ1n) is 13.8. The minimum atomic E-state index is -0.398.